The van der Waals surface area contributed by atoms with Crippen LogP contribution >= 0.6 is 11.6 Å². The molecule has 1 saturated heterocycles. The predicted octanol–water partition coefficient (Wildman–Crippen LogP) is -0.730. The van der Waals surface area contributed by atoms with E-state index in [4.69, 9.17) is 16.3 Å². The van der Waals surface area contributed by atoms with Gasteiger partial charge in [0.1, 0.15) is 13.2 Å². The van der Waals surface area contributed by atoms with E-state index >= 15 is 0 Å². The van der Waals surface area contributed by atoms with Crippen LogP contribution in [0.3, 0.4) is 0 Å². The van der Waals surface area contributed by atoms with Crippen molar-refractivity contribution in [2.45, 2.75) is 26.2 Å². The van der Waals surface area contributed by atoms with Crippen molar-refractivity contribution in [2.24, 2.45) is 0 Å². The van der Waals surface area contributed by atoms with Crippen LogP contribution in [0.15, 0.2) is 18.2 Å². The van der Waals surface area contributed by atoms with E-state index < -0.39 is 6.09 Å². The third-order valence-corrected chi connectivity index (χ3v) is 3.92. The summed E-state index contributed by atoms with van der Waals surface area (Å²) in [6.45, 7) is 5.66. The zero-order valence-corrected chi connectivity index (χ0v) is 13.8. The minimum absolute atomic E-state index is 0. The van der Waals surface area contributed by atoms with Crippen molar-refractivity contribution in [3.63, 3.8) is 0 Å². The number of amides is 1. The molecule has 0 atom stereocenters. The maximum Gasteiger partial charge on any atom is 0.411 e. The van der Waals surface area contributed by atoms with Gasteiger partial charge in [-0.05, 0) is 43.9 Å². The first-order valence-corrected chi connectivity index (χ1v) is 7.56. The highest BCUT2D eigenvalue weighted by molar-refractivity contribution is 6.30. The first kappa shape index (κ1) is 18.1. The van der Waals surface area contributed by atoms with Gasteiger partial charge in [-0.2, -0.15) is 0 Å². The third kappa shape index (κ3) is 6.12. The predicted molar refractivity (Wildman–Crippen MR) is 80.6 cm³/mol. The first-order chi connectivity index (χ1) is 9.65. The summed E-state index contributed by atoms with van der Waals surface area (Å²) in [5.74, 6) is 0. The van der Waals surface area contributed by atoms with Crippen molar-refractivity contribution in [3.8, 4) is 0 Å². The molecule has 0 spiro atoms. The number of nitrogens with one attached hydrogen (secondary N) is 2. The fraction of sp³-hybridized carbons (Fsp3) is 0.533. The van der Waals surface area contributed by atoms with Crippen LogP contribution in [0.25, 0.3) is 0 Å². The van der Waals surface area contributed by atoms with Crippen LogP contribution in [-0.4, -0.2) is 32.3 Å². The number of rotatable bonds is 4. The van der Waals surface area contributed by atoms with Gasteiger partial charge in [0, 0.05) is 10.7 Å². The Morgan fingerprint density at radius 2 is 2.05 bits per heavy atom. The summed E-state index contributed by atoms with van der Waals surface area (Å²) in [6, 6.07) is 5.40. The summed E-state index contributed by atoms with van der Waals surface area (Å²) < 4.78 is 5.23. The molecule has 1 amide bonds. The fourth-order valence-electron chi connectivity index (χ4n) is 2.46. The Hall–Kier alpha value is -0.970. The third-order valence-electron chi connectivity index (χ3n) is 3.69. The molecule has 1 aliphatic rings. The molecule has 4 nitrogen and oxygen atoms in total. The lowest BCUT2D eigenvalue weighted by molar-refractivity contribution is -0.905. The molecule has 0 radical (unpaired) electrons. The van der Waals surface area contributed by atoms with Crippen molar-refractivity contribution in [1.82, 2.24) is 0 Å². The quantitative estimate of drug-likeness (QED) is 0.763. The van der Waals surface area contributed by atoms with Crippen molar-refractivity contribution >= 4 is 23.4 Å². The number of halogens is 2. The second-order valence-corrected chi connectivity index (χ2v) is 5.72. The molecule has 2 N–H and O–H groups in total. The Balaban J connectivity index is 0.00000220. The van der Waals surface area contributed by atoms with Crippen LogP contribution in [0, 0.1) is 6.92 Å². The molecule has 1 aromatic rings. The summed E-state index contributed by atoms with van der Waals surface area (Å²) in [5.41, 5.74) is 1.67. The second kappa shape index (κ2) is 9.13. The maximum absolute atomic E-state index is 11.7. The summed E-state index contributed by atoms with van der Waals surface area (Å²) in [4.78, 5) is 13.3. The van der Waals surface area contributed by atoms with Crippen molar-refractivity contribution in [2.75, 3.05) is 31.6 Å². The molecular weight excluding hydrogens is 311 g/mol. The molecule has 2 rings (SSSR count). The van der Waals surface area contributed by atoms with Gasteiger partial charge in [-0.3, -0.25) is 5.32 Å². The number of likely N-dealkylation sites (tertiary alicyclic amines) is 1. The monoisotopic (exact) mass is 332 g/mol. The van der Waals surface area contributed by atoms with Crippen LogP contribution in [0.5, 0.6) is 0 Å². The minimum atomic E-state index is -0.410. The SMILES string of the molecule is Cc1ccc(Cl)cc1NC(=O)OCC[NH+]1CCCCC1.[Cl-]. The highest BCUT2D eigenvalue weighted by Gasteiger charge is 2.14. The number of carbonyl (C=O) groups excluding carboxylic acids is 1. The largest absolute Gasteiger partial charge is 1.00 e. The Morgan fingerprint density at radius 1 is 1.33 bits per heavy atom. The molecule has 0 bridgehead atoms. The lowest BCUT2D eigenvalue weighted by atomic mass is 10.1. The van der Waals surface area contributed by atoms with Crippen LogP contribution in [-0.2, 0) is 4.74 Å². The van der Waals surface area contributed by atoms with E-state index in [9.17, 15) is 4.79 Å². The normalized spacial score (nSPS) is 15.1. The number of anilines is 1. The number of hydrogen-bond acceptors (Lipinski definition) is 2. The smallest absolute Gasteiger partial charge is 0.411 e. The van der Waals surface area contributed by atoms with E-state index in [1.165, 1.54) is 37.3 Å². The van der Waals surface area contributed by atoms with Gasteiger partial charge in [0.25, 0.3) is 0 Å². The first-order valence-electron chi connectivity index (χ1n) is 7.18. The highest BCUT2D eigenvalue weighted by atomic mass is 35.5. The fourth-order valence-corrected chi connectivity index (χ4v) is 2.64. The molecule has 6 heteroatoms. The second-order valence-electron chi connectivity index (χ2n) is 5.28. The Bertz CT molecular complexity index is 463. The molecule has 21 heavy (non-hydrogen) atoms. The maximum atomic E-state index is 11.7. The lowest BCUT2D eigenvalue weighted by Crippen LogP contribution is -3.13. The Labute approximate surface area is 137 Å². The van der Waals surface area contributed by atoms with E-state index in [-0.39, 0.29) is 12.4 Å². The van der Waals surface area contributed by atoms with Crippen LogP contribution in [0.2, 0.25) is 5.02 Å². The summed E-state index contributed by atoms with van der Waals surface area (Å²) in [7, 11) is 0. The van der Waals surface area contributed by atoms with Gasteiger partial charge in [-0.1, -0.05) is 17.7 Å². The number of ether oxygens (including phenoxy) is 1. The zero-order valence-electron chi connectivity index (χ0n) is 12.3. The Kier molecular flexibility index (Phi) is 7.86. The van der Waals surface area contributed by atoms with E-state index in [1.54, 1.807) is 12.1 Å². The summed E-state index contributed by atoms with van der Waals surface area (Å²) >= 11 is 5.91. The van der Waals surface area contributed by atoms with Gasteiger partial charge in [0.2, 0.25) is 0 Å². The van der Waals surface area contributed by atoms with E-state index in [0.717, 1.165) is 12.1 Å². The number of piperidine rings is 1. The number of quaternary nitrogens is 1. The van der Waals surface area contributed by atoms with Crippen LogP contribution in [0.1, 0.15) is 24.8 Å². The molecule has 1 aliphatic heterocycles. The van der Waals surface area contributed by atoms with E-state index in [1.807, 2.05) is 13.0 Å². The van der Waals surface area contributed by atoms with E-state index in [2.05, 4.69) is 5.32 Å². The number of carbonyl (C=O) groups is 1. The topological polar surface area (TPSA) is 42.8 Å². The molecule has 1 fully saturated rings. The number of aryl methyl sites for hydroxylation is 1. The molecular formula is C15H22Cl2N2O2. The molecule has 1 heterocycles. The lowest BCUT2D eigenvalue weighted by Gasteiger charge is -2.23. The molecule has 0 saturated carbocycles. The summed E-state index contributed by atoms with van der Waals surface area (Å²) in [6.07, 6.45) is 3.48. The molecule has 118 valence electrons. The molecule has 1 aromatic carbocycles. The number of hydrogen-bond donors (Lipinski definition) is 2. The minimum Gasteiger partial charge on any atom is -1.00 e. The van der Waals surface area contributed by atoms with Crippen molar-refractivity contribution < 1.29 is 26.8 Å². The van der Waals surface area contributed by atoms with Crippen LogP contribution in [0.4, 0.5) is 10.5 Å². The van der Waals surface area contributed by atoms with Crippen LogP contribution < -0.4 is 22.6 Å². The van der Waals surface area contributed by atoms with Gasteiger partial charge in [-0.25, -0.2) is 4.79 Å². The molecule has 0 aromatic heterocycles. The average Bonchev–Trinajstić information content (AvgIpc) is 2.44. The standard InChI is InChI=1S/C15H21ClN2O2.ClH/c1-12-5-6-13(16)11-14(12)17-15(19)20-10-9-18-7-3-2-4-8-18;/h5-6,11H,2-4,7-10H2,1H3,(H,17,19);1H. The molecule has 0 unspecified atom stereocenters. The van der Waals surface area contributed by atoms with E-state index in [0.29, 0.717) is 17.3 Å². The van der Waals surface area contributed by atoms with Gasteiger partial charge in [0.05, 0.1) is 13.1 Å². The van der Waals surface area contributed by atoms with Gasteiger partial charge in [0.15, 0.2) is 0 Å². The van der Waals surface area contributed by atoms with Gasteiger partial charge >= 0.3 is 6.09 Å². The zero-order chi connectivity index (χ0) is 14.4. The van der Waals surface area contributed by atoms with Gasteiger partial charge in [-0.15, -0.1) is 0 Å². The number of benzene rings is 1. The molecule has 0 aliphatic carbocycles. The van der Waals surface area contributed by atoms with Gasteiger partial charge < -0.3 is 22.0 Å². The van der Waals surface area contributed by atoms with Crippen molar-refractivity contribution in [1.29, 1.82) is 0 Å². The van der Waals surface area contributed by atoms with Crippen molar-refractivity contribution in [3.05, 3.63) is 28.8 Å². The average molecular weight is 333 g/mol. The summed E-state index contributed by atoms with van der Waals surface area (Å²) in [5, 5.41) is 3.33. The highest BCUT2D eigenvalue weighted by Crippen LogP contribution is 2.20. The Morgan fingerprint density at radius 3 is 2.76 bits per heavy atom.